The number of nitrogens with one attached hydrogen (secondary N) is 1. The molecule has 0 aliphatic rings. The molecular weight excluding hydrogens is 168 g/mol. The number of carbonyl (C=O) groups is 2. The normalized spacial score (nSPS) is 12.6. The summed E-state index contributed by atoms with van der Waals surface area (Å²) in [5.41, 5.74) is 4.86. The van der Waals surface area contributed by atoms with Crippen LogP contribution in [0.3, 0.4) is 0 Å². The first-order valence-electron chi connectivity index (χ1n) is 4.59. The van der Waals surface area contributed by atoms with E-state index in [1.165, 1.54) is 0 Å². The van der Waals surface area contributed by atoms with E-state index in [1.54, 1.807) is 0 Å². The molecule has 0 aromatic rings. The van der Waals surface area contributed by atoms with Crippen LogP contribution >= 0.6 is 0 Å². The maximum Gasteiger partial charge on any atom is 0.318 e. The first-order chi connectivity index (χ1) is 5.99. The first kappa shape index (κ1) is 11.9. The van der Waals surface area contributed by atoms with Gasteiger partial charge >= 0.3 is 6.03 Å². The molecule has 3 amide bonds. The number of imide groups is 1. The van der Waals surface area contributed by atoms with Gasteiger partial charge in [0.2, 0.25) is 5.91 Å². The molecule has 1 unspecified atom stereocenters. The third-order valence-corrected chi connectivity index (χ3v) is 1.99. The second-order valence-electron chi connectivity index (χ2n) is 3.49. The van der Waals surface area contributed by atoms with E-state index in [1.807, 2.05) is 20.8 Å². The third-order valence-electron chi connectivity index (χ3n) is 1.99. The fourth-order valence-electron chi connectivity index (χ4n) is 1.29. The van der Waals surface area contributed by atoms with E-state index in [9.17, 15) is 9.59 Å². The van der Waals surface area contributed by atoms with Crippen LogP contribution in [0, 0.1) is 11.8 Å². The van der Waals surface area contributed by atoms with Crippen molar-refractivity contribution in [3.63, 3.8) is 0 Å². The van der Waals surface area contributed by atoms with Gasteiger partial charge < -0.3 is 5.73 Å². The highest BCUT2D eigenvalue weighted by atomic mass is 16.2. The number of amides is 3. The van der Waals surface area contributed by atoms with Crippen LogP contribution in [0.2, 0.25) is 0 Å². The van der Waals surface area contributed by atoms with E-state index in [-0.39, 0.29) is 17.7 Å². The van der Waals surface area contributed by atoms with Gasteiger partial charge in [-0.25, -0.2) is 4.79 Å². The lowest BCUT2D eigenvalue weighted by Gasteiger charge is -2.18. The highest BCUT2D eigenvalue weighted by Gasteiger charge is 2.21. The lowest BCUT2D eigenvalue weighted by molar-refractivity contribution is -0.125. The fraction of sp³-hybridized carbons (Fsp3) is 0.778. The SMILES string of the molecule is CCCC(C(=O)NC(N)=O)C(C)C. The standard InChI is InChI=1S/C9H18N2O2/c1-4-5-7(6(2)3)8(12)11-9(10)13/h6-7H,4-5H2,1-3H3,(H3,10,11,12,13). The number of urea groups is 1. The Kier molecular flexibility index (Phi) is 5.11. The molecule has 0 fully saturated rings. The van der Waals surface area contributed by atoms with Gasteiger partial charge in [0.05, 0.1) is 0 Å². The number of hydrogen-bond donors (Lipinski definition) is 2. The van der Waals surface area contributed by atoms with E-state index in [0.29, 0.717) is 0 Å². The Morgan fingerprint density at radius 3 is 2.23 bits per heavy atom. The number of hydrogen-bond acceptors (Lipinski definition) is 2. The molecule has 13 heavy (non-hydrogen) atoms. The predicted molar refractivity (Wildman–Crippen MR) is 51.0 cm³/mol. The number of nitrogens with two attached hydrogens (primary N) is 1. The van der Waals surface area contributed by atoms with E-state index in [2.05, 4.69) is 5.32 Å². The Morgan fingerprint density at radius 1 is 1.38 bits per heavy atom. The van der Waals surface area contributed by atoms with Gasteiger partial charge in [-0.2, -0.15) is 0 Å². The Hall–Kier alpha value is -1.06. The molecule has 0 bridgehead atoms. The zero-order chi connectivity index (χ0) is 10.4. The van der Waals surface area contributed by atoms with Crippen molar-refractivity contribution in [2.45, 2.75) is 33.6 Å². The number of rotatable bonds is 4. The molecule has 1 atom stereocenters. The van der Waals surface area contributed by atoms with Crippen LogP contribution in [-0.2, 0) is 4.79 Å². The number of carbonyl (C=O) groups excluding carboxylic acids is 2. The van der Waals surface area contributed by atoms with E-state index in [0.717, 1.165) is 12.8 Å². The van der Waals surface area contributed by atoms with Gasteiger partial charge in [-0.05, 0) is 12.3 Å². The van der Waals surface area contributed by atoms with Crippen molar-refractivity contribution in [1.29, 1.82) is 0 Å². The van der Waals surface area contributed by atoms with Crippen molar-refractivity contribution in [2.24, 2.45) is 17.6 Å². The third kappa shape index (κ3) is 4.50. The molecule has 0 spiro atoms. The molecule has 3 N–H and O–H groups in total. The van der Waals surface area contributed by atoms with Crippen LogP contribution in [0.1, 0.15) is 33.6 Å². The van der Waals surface area contributed by atoms with Crippen LogP contribution in [0.15, 0.2) is 0 Å². The van der Waals surface area contributed by atoms with E-state index in [4.69, 9.17) is 5.73 Å². The molecular formula is C9H18N2O2. The molecule has 0 aliphatic carbocycles. The Balaban J connectivity index is 4.19. The maximum atomic E-state index is 11.4. The predicted octanol–water partition coefficient (Wildman–Crippen LogP) is 1.25. The van der Waals surface area contributed by atoms with Crippen LogP contribution in [0.5, 0.6) is 0 Å². The summed E-state index contributed by atoms with van der Waals surface area (Å²) in [5, 5.41) is 2.11. The summed E-state index contributed by atoms with van der Waals surface area (Å²) >= 11 is 0. The second kappa shape index (κ2) is 5.56. The zero-order valence-electron chi connectivity index (χ0n) is 8.46. The lowest BCUT2D eigenvalue weighted by Crippen LogP contribution is -2.40. The summed E-state index contributed by atoms with van der Waals surface area (Å²) in [7, 11) is 0. The summed E-state index contributed by atoms with van der Waals surface area (Å²) < 4.78 is 0. The topological polar surface area (TPSA) is 72.2 Å². The minimum atomic E-state index is -0.772. The van der Waals surface area contributed by atoms with Crippen molar-refractivity contribution in [1.82, 2.24) is 5.32 Å². The molecule has 0 aromatic carbocycles. The van der Waals surface area contributed by atoms with Gasteiger partial charge in [0.25, 0.3) is 0 Å². The Bertz CT molecular complexity index is 190. The fourth-order valence-corrected chi connectivity index (χ4v) is 1.29. The summed E-state index contributed by atoms with van der Waals surface area (Å²) in [6, 6.07) is -0.772. The molecule has 4 heteroatoms. The zero-order valence-corrected chi connectivity index (χ0v) is 8.46. The van der Waals surface area contributed by atoms with Crippen molar-refractivity contribution in [3.05, 3.63) is 0 Å². The molecule has 0 radical (unpaired) electrons. The summed E-state index contributed by atoms with van der Waals surface area (Å²) in [6.45, 7) is 5.93. The van der Waals surface area contributed by atoms with Gasteiger partial charge in [-0.1, -0.05) is 27.2 Å². The molecule has 0 heterocycles. The molecule has 0 rings (SSSR count). The Morgan fingerprint density at radius 2 is 1.92 bits per heavy atom. The summed E-state index contributed by atoms with van der Waals surface area (Å²) in [5.74, 6) is -0.138. The van der Waals surface area contributed by atoms with Gasteiger partial charge in [0.15, 0.2) is 0 Å². The van der Waals surface area contributed by atoms with Crippen LogP contribution in [0.4, 0.5) is 4.79 Å². The lowest BCUT2D eigenvalue weighted by atomic mass is 9.91. The van der Waals surface area contributed by atoms with Gasteiger partial charge in [0.1, 0.15) is 0 Å². The average molecular weight is 186 g/mol. The molecule has 4 nitrogen and oxygen atoms in total. The van der Waals surface area contributed by atoms with Crippen molar-refractivity contribution in [3.8, 4) is 0 Å². The van der Waals surface area contributed by atoms with E-state index >= 15 is 0 Å². The molecule has 0 saturated heterocycles. The van der Waals surface area contributed by atoms with Crippen molar-refractivity contribution >= 4 is 11.9 Å². The highest BCUT2D eigenvalue weighted by molar-refractivity contribution is 5.94. The van der Waals surface area contributed by atoms with Crippen molar-refractivity contribution in [2.75, 3.05) is 0 Å². The van der Waals surface area contributed by atoms with Crippen LogP contribution < -0.4 is 11.1 Å². The van der Waals surface area contributed by atoms with Gasteiger partial charge in [-0.3, -0.25) is 10.1 Å². The Labute approximate surface area is 78.9 Å². The average Bonchev–Trinajstić information content (AvgIpc) is 1.97. The largest absolute Gasteiger partial charge is 0.351 e. The molecule has 0 aliphatic heterocycles. The van der Waals surface area contributed by atoms with Gasteiger partial charge in [0, 0.05) is 5.92 Å². The van der Waals surface area contributed by atoms with Crippen LogP contribution in [-0.4, -0.2) is 11.9 Å². The smallest absolute Gasteiger partial charge is 0.318 e. The van der Waals surface area contributed by atoms with E-state index < -0.39 is 6.03 Å². The summed E-state index contributed by atoms with van der Waals surface area (Å²) in [4.78, 5) is 21.8. The molecule has 0 aromatic heterocycles. The van der Waals surface area contributed by atoms with Gasteiger partial charge in [-0.15, -0.1) is 0 Å². The maximum absolute atomic E-state index is 11.4. The molecule has 0 saturated carbocycles. The minimum absolute atomic E-state index is 0.113. The second-order valence-corrected chi connectivity index (χ2v) is 3.49. The minimum Gasteiger partial charge on any atom is -0.351 e. The molecule has 76 valence electrons. The highest BCUT2D eigenvalue weighted by Crippen LogP contribution is 2.16. The summed E-state index contributed by atoms with van der Waals surface area (Å²) in [6.07, 6.45) is 1.71. The monoisotopic (exact) mass is 186 g/mol. The van der Waals surface area contributed by atoms with Crippen LogP contribution in [0.25, 0.3) is 0 Å². The number of primary amides is 1. The van der Waals surface area contributed by atoms with Crippen molar-refractivity contribution < 1.29 is 9.59 Å². The quantitative estimate of drug-likeness (QED) is 0.693. The first-order valence-corrected chi connectivity index (χ1v) is 4.59.